The summed E-state index contributed by atoms with van der Waals surface area (Å²) in [6.07, 6.45) is 0.937. The van der Waals surface area contributed by atoms with Crippen molar-refractivity contribution in [2.75, 3.05) is 17.2 Å². The Morgan fingerprint density at radius 2 is 2.00 bits per heavy atom. The largest absolute Gasteiger partial charge is 0.482 e. The molecule has 1 heterocycles. The molecule has 0 saturated heterocycles. The summed E-state index contributed by atoms with van der Waals surface area (Å²) in [6.45, 7) is 2.08. The number of hydrogen-bond acceptors (Lipinski definition) is 3. The van der Waals surface area contributed by atoms with Gasteiger partial charge in [-0.1, -0.05) is 19.1 Å². The van der Waals surface area contributed by atoms with Crippen LogP contribution in [0.1, 0.15) is 22.8 Å². The van der Waals surface area contributed by atoms with E-state index < -0.39 is 0 Å². The maximum Gasteiger partial charge on any atom is 0.262 e. The van der Waals surface area contributed by atoms with Crippen molar-refractivity contribution in [2.45, 2.75) is 13.3 Å². The van der Waals surface area contributed by atoms with Crippen LogP contribution in [0.3, 0.4) is 0 Å². The lowest BCUT2D eigenvalue weighted by Gasteiger charge is -2.18. The van der Waals surface area contributed by atoms with Crippen LogP contribution in [0.25, 0.3) is 0 Å². The molecule has 0 saturated carbocycles. The zero-order valence-corrected chi connectivity index (χ0v) is 12.2. The first-order chi connectivity index (χ1) is 10.7. The first-order valence-corrected chi connectivity index (χ1v) is 7.12. The highest BCUT2D eigenvalue weighted by Gasteiger charge is 2.16. The first kappa shape index (κ1) is 14.1. The molecule has 0 spiro atoms. The molecular formula is C17H16N2O3. The van der Waals surface area contributed by atoms with Gasteiger partial charge in [-0.25, -0.2) is 0 Å². The van der Waals surface area contributed by atoms with Gasteiger partial charge in [-0.05, 0) is 42.3 Å². The Morgan fingerprint density at radius 3 is 2.73 bits per heavy atom. The average Bonchev–Trinajstić information content (AvgIpc) is 2.54. The molecule has 0 unspecified atom stereocenters. The number of aryl methyl sites for hydroxylation is 1. The van der Waals surface area contributed by atoms with Gasteiger partial charge in [-0.3, -0.25) is 9.59 Å². The molecule has 0 aromatic heterocycles. The van der Waals surface area contributed by atoms with Crippen molar-refractivity contribution in [3.8, 4) is 5.75 Å². The number of fused-ring (bicyclic) bond motifs is 1. The maximum atomic E-state index is 12.2. The third-order valence-corrected chi connectivity index (χ3v) is 3.49. The van der Waals surface area contributed by atoms with Crippen molar-refractivity contribution < 1.29 is 14.3 Å². The van der Waals surface area contributed by atoms with E-state index in [4.69, 9.17) is 4.74 Å². The van der Waals surface area contributed by atoms with Crippen LogP contribution < -0.4 is 15.4 Å². The van der Waals surface area contributed by atoms with Crippen LogP contribution in [-0.4, -0.2) is 18.4 Å². The molecule has 0 fully saturated rings. The Hall–Kier alpha value is -2.82. The topological polar surface area (TPSA) is 67.4 Å². The van der Waals surface area contributed by atoms with E-state index in [-0.39, 0.29) is 18.4 Å². The second-order valence-electron chi connectivity index (χ2n) is 5.05. The monoisotopic (exact) mass is 296 g/mol. The third-order valence-electron chi connectivity index (χ3n) is 3.49. The molecule has 112 valence electrons. The van der Waals surface area contributed by atoms with Crippen molar-refractivity contribution in [1.29, 1.82) is 0 Å². The summed E-state index contributed by atoms with van der Waals surface area (Å²) < 4.78 is 5.28. The minimum atomic E-state index is -0.203. The zero-order valence-electron chi connectivity index (χ0n) is 12.2. The van der Waals surface area contributed by atoms with E-state index in [9.17, 15) is 9.59 Å². The summed E-state index contributed by atoms with van der Waals surface area (Å²) in [6, 6.07) is 12.6. The highest BCUT2D eigenvalue weighted by Crippen LogP contribution is 2.30. The Kier molecular flexibility index (Phi) is 3.78. The molecule has 0 radical (unpaired) electrons. The van der Waals surface area contributed by atoms with Gasteiger partial charge in [-0.2, -0.15) is 0 Å². The molecular weight excluding hydrogens is 280 g/mol. The molecule has 3 rings (SSSR count). The normalized spacial score (nSPS) is 12.9. The van der Waals surface area contributed by atoms with Crippen LogP contribution in [0.15, 0.2) is 42.5 Å². The Labute approximate surface area is 128 Å². The van der Waals surface area contributed by atoms with E-state index in [1.807, 2.05) is 12.1 Å². The summed E-state index contributed by atoms with van der Waals surface area (Å²) >= 11 is 0. The lowest BCUT2D eigenvalue weighted by atomic mass is 10.1. The van der Waals surface area contributed by atoms with Gasteiger partial charge in [0.1, 0.15) is 5.75 Å². The van der Waals surface area contributed by atoms with Gasteiger partial charge in [0.15, 0.2) is 6.61 Å². The first-order valence-electron chi connectivity index (χ1n) is 7.12. The van der Waals surface area contributed by atoms with E-state index in [0.29, 0.717) is 22.7 Å². The number of benzene rings is 2. The van der Waals surface area contributed by atoms with Crippen molar-refractivity contribution in [3.63, 3.8) is 0 Å². The van der Waals surface area contributed by atoms with E-state index in [2.05, 4.69) is 17.6 Å². The fraction of sp³-hybridized carbons (Fsp3) is 0.176. The minimum Gasteiger partial charge on any atom is -0.482 e. The fourth-order valence-electron chi connectivity index (χ4n) is 2.26. The predicted octanol–water partition coefficient (Wildman–Crippen LogP) is 2.83. The number of carbonyl (C=O) groups excluding carboxylic acids is 2. The molecule has 0 atom stereocenters. The second kappa shape index (κ2) is 5.89. The molecule has 5 nitrogen and oxygen atoms in total. The highest BCUT2D eigenvalue weighted by molar-refractivity contribution is 6.05. The van der Waals surface area contributed by atoms with Gasteiger partial charge in [-0.15, -0.1) is 0 Å². The number of nitrogens with one attached hydrogen (secondary N) is 2. The Morgan fingerprint density at radius 1 is 1.23 bits per heavy atom. The highest BCUT2D eigenvalue weighted by atomic mass is 16.5. The number of anilines is 2. The third kappa shape index (κ3) is 2.93. The molecule has 2 amide bonds. The zero-order chi connectivity index (χ0) is 15.5. The molecule has 5 heteroatoms. The summed E-state index contributed by atoms with van der Waals surface area (Å²) in [5, 5.41) is 5.53. The van der Waals surface area contributed by atoms with Gasteiger partial charge in [0.2, 0.25) is 0 Å². The molecule has 2 aromatic rings. The van der Waals surface area contributed by atoms with Crippen molar-refractivity contribution >= 4 is 23.2 Å². The van der Waals surface area contributed by atoms with E-state index in [0.717, 1.165) is 6.42 Å². The number of rotatable bonds is 3. The van der Waals surface area contributed by atoms with Crippen LogP contribution >= 0.6 is 0 Å². The lowest BCUT2D eigenvalue weighted by Crippen LogP contribution is -2.25. The van der Waals surface area contributed by atoms with Gasteiger partial charge in [0, 0.05) is 11.3 Å². The minimum absolute atomic E-state index is 0.0164. The van der Waals surface area contributed by atoms with Crippen molar-refractivity contribution in [1.82, 2.24) is 0 Å². The summed E-state index contributed by atoms with van der Waals surface area (Å²) in [7, 11) is 0. The summed E-state index contributed by atoms with van der Waals surface area (Å²) in [5.41, 5.74) is 2.95. The number of hydrogen-bond donors (Lipinski definition) is 2. The molecule has 1 aliphatic heterocycles. The molecule has 0 bridgehead atoms. The summed E-state index contributed by atoms with van der Waals surface area (Å²) in [5.74, 6) is 0.210. The molecule has 1 aliphatic rings. The van der Waals surface area contributed by atoms with Crippen LogP contribution in [0.4, 0.5) is 11.4 Å². The van der Waals surface area contributed by atoms with Crippen LogP contribution in [-0.2, 0) is 11.2 Å². The fourth-order valence-corrected chi connectivity index (χ4v) is 2.26. The van der Waals surface area contributed by atoms with E-state index >= 15 is 0 Å². The second-order valence-corrected chi connectivity index (χ2v) is 5.05. The number of amides is 2. The lowest BCUT2D eigenvalue weighted by molar-refractivity contribution is -0.118. The van der Waals surface area contributed by atoms with Gasteiger partial charge >= 0.3 is 0 Å². The van der Waals surface area contributed by atoms with Crippen LogP contribution in [0, 0.1) is 0 Å². The van der Waals surface area contributed by atoms with E-state index in [1.165, 1.54) is 5.56 Å². The Balaban J connectivity index is 1.76. The van der Waals surface area contributed by atoms with Crippen LogP contribution in [0.2, 0.25) is 0 Å². The van der Waals surface area contributed by atoms with E-state index in [1.54, 1.807) is 30.3 Å². The van der Waals surface area contributed by atoms with Crippen molar-refractivity contribution in [2.24, 2.45) is 0 Å². The van der Waals surface area contributed by atoms with Gasteiger partial charge in [0.25, 0.3) is 11.8 Å². The smallest absolute Gasteiger partial charge is 0.262 e. The van der Waals surface area contributed by atoms with Gasteiger partial charge in [0.05, 0.1) is 5.69 Å². The van der Waals surface area contributed by atoms with Gasteiger partial charge < -0.3 is 15.4 Å². The van der Waals surface area contributed by atoms with Crippen LogP contribution in [0.5, 0.6) is 5.75 Å². The molecule has 2 aromatic carbocycles. The predicted molar refractivity (Wildman–Crippen MR) is 84.3 cm³/mol. The van der Waals surface area contributed by atoms with Crippen molar-refractivity contribution in [3.05, 3.63) is 53.6 Å². The molecule has 2 N–H and O–H groups in total. The summed E-state index contributed by atoms with van der Waals surface area (Å²) in [4.78, 5) is 23.5. The molecule has 0 aliphatic carbocycles. The number of ether oxygens (including phenoxy) is 1. The standard InChI is InChI=1S/C17H16N2O3/c1-2-11-3-5-12(6-4-11)17(21)18-13-7-8-15-14(9-13)19-16(20)10-22-15/h3-9H,2,10H2,1H3,(H,18,21)(H,19,20). The molecule has 22 heavy (non-hydrogen) atoms. The maximum absolute atomic E-state index is 12.2. The average molecular weight is 296 g/mol. The SMILES string of the molecule is CCc1ccc(C(=O)Nc2ccc3c(c2)NC(=O)CO3)cc1. The Bertz CT molecular complexity index is 723. The number of carbonyl (C=O) groups is 2. The quantitative estimate of drug-likeness (QED) is 0.915.